The molecule has 0 heterocycles. The first-order chi connectivity index (χ1) is 9.43. The van der Waals surface area contributed by atoms with Crippen LogP contribution < -0.4 is 5.73 Å². The maximum Gasteiger partial charge on any atom is 0.307 e. The molecule has 0 unspecified atom stereocenters. The fourth-order valence-corrected chi connectivity index (χ4v) is 2.25. The van der Waals surface area contributed by atoms with Crippen LogP contribution in [0.4, 0.5) is 8.78 Å². The number of hydrogen-bond acceptors (Lipinski definition) is 2. The fraction of sp³-hybridized carbons (Fsp3) is 0.533. The van der Waals surface area contributed by atoms with E-state index < -0.39 is 23.5 Å². The van der Waals surface area contributed by atoms with Crippen LogP contribution in [-0.4, -0.2) is 17.6 Å². The lowest BCUT2D eigenvalue weighted by molar-refractivity contribution is -0.141. The normalized spacial score (nSPS) is 14.0. The van der Waals surface area contributed by atoms with Gasteiger partial charge < -0.3 is 10.8 Å². The van der Waals surface area contributed by atoms with Gasteiger partial charge in [-0.2, -0.15) is 0 Å². The second-order valence-electron chi connectivity index (χ2n) is 5.25. The van der Waals surface area contributed by atoms with Crippen molar-refractivity contribution in [3.05, 3.63) is 35.4 Å². The van der Waals surface area contributed by atoms with Crippen LogP contribution in [0.3, 0.4) is 0 Å². The van der Waals surface area contributed by atoms with Crippen molar-refractivity contribution in [3.8, 4) is 0 Å². The number of benzene rings is 1. The first-order valence-electron chi connectivity index (χ1n) is 6.80. The highest BCUT2D eigenvalue weighted by Gasteiger charge is 2.18. The predicted molar refractivity (Wildman–Crippen MR) is 73.3 cm³/mol. The molecule has 0 saturated heterocycles. The van der Waals surface area contributed by atoms with Gasteiger partial charge in [0.2, 0.25) is 0 Å². The highest BCUT2D eigenvalue weighted by molar-refractivity contribution is 5.70. The monoisotopic (exact) mass is 285 g/mol. The summed E-state index contributed by atoms with van der Waals surface area (Å²) < 4.78 is 25.8. The van der Waals surface area contributed by atoms with Crippen molar-refractivity contribution in [3.63, 3.8) is 0 Å². The second-order valence-corrected chi connectivity index (χ2v) is 5.25. The highest BCUT2D eigenvalue weighted by atomic mass is 19.2. The zero-order valence-corrected chi connectivity index (χ0v) is 11.6. The number of rotatable bonds is 8. The van der Waals surface area contributed by atoms with Gasteiger partial charge in [-0.1, -0.05) is 19.4 Å². The van der Waals surface area contributed by atoms with Gasteiger partial charge in [-0.25, -0.2) is 8.78 Å². The summed E-state index contributed by atoms with van der Waals surface area (Å²) in [6.07, 6.45) is 2.84. The third-order valence-corrected chi connectivity index (χ3v) is 3.47. The Labute approximate surface area is 117 Å². The SMILES string of the molecule is C[C@H](CCCc1ccc(F)c(F)c1)C[C@H](CN)C(=O)O. The zero-order valence-electron chi connectivity index (χ0n) is 11.6. The number of hydrogen-bond donors (Lipinski definition) is 2. The van der Waals surface area contributed by atoms with Gasteiger partial charge in [0.05, 0.1) is 5.92 Å². The summed E-state index contributed by atoms with van der Waals surface area (Å²) in [6, 6.07) is 3.91. The minimum atomic E-state index is -0.861. The van der Waals surface area contributed by atoms with Crippen molar-refractivity contribution >= 4 is 5.97 Å². The lowest BCUT2D eigenvalue weighted by Crippen LogP contribution is -2.25. The van der Waals surface area contributed by atoms with Gasteiger partial charge in [-0.05, 0) is 42.9 Å². The lowest BCUT2D eigenvalue weighted by Gasteiger charge is -2.16. The van der Waals surface area contributed by atoms with Crippen LogP contribution in [0.15, 0.2) is 18.2 Å². The molecule has 0 fully saturated rings. The van der Waals surface area contributed by atoms with Gasteiger partial charge >= 0.3 is 5.97 Å². The molecule has 0 amide bonds. The van der Waals surface area contributed by atoms with Crippen molar-refractivity contribution in [2.75, 3.05) is 6.54 Å². The first kappa shape index (κ1) is 16.6. The fourth-order valence-electron chi connectivity index (χ4n) is 2.25. The molecule has 0 aliphatic rings. The summed E-state index contributed by atoms with van der Waals surface area (Å²) in [5, 5.41) is 8.92. The van der Waals surface area contributed by atoms with Crippen LogP contribution in [0.25, 0.3) is 0 Å². The Morgan fingerprint density at radius 1 is 1.35 bits per heavy atom. The molecule has 0 aromatic heterocycles. The molecule has 0 aliphatic carbocycles. The average molecular weight is 285 g/mol. The number of nitrogens with two attached hydrogens (primary N) is 1. The van der Waals surface area contributed by atoms with E-state index >= 15 is 0 Å². The Morgan fingerprint density at radius 2 is 2.05 bits per heavy atom. The summed E-state index contributed by atoms with van der Waals surface area (Å²) in [6.45, 7) is 2.12. The largest absolute Gasteiger partial charge is 0.481 e. The van der Waals surface area contributed by atoms with E-state index in [0.717, 1.165) is 24.5 Å². The predicted octanol–water partition coefficient (Wildman–Crippen LogP) is 2.97. The van der Waals surface area contributed by atoms with Crippen molar-refractivity contribution in [2.24, 2.45) is 17.6 Å². The molecule has 3 N–H and O–H groups in total. The maximum atomic E-state index is 13.0. The Kier molecular flexibility index (Phi) is 6.58. The Bertz CT molecular complexity index is 451. The summed E-state index contributed by atoms with van der Waals surface area (Å²) in [5.74, 6) is -2.79. The zero-order chi connectivity index (χ0) is 15.1. The molecule has 5 heteroatoms. The van der Waals surface area contributed by atoms with E-state index in [0.29, 0.717) is 12.8 Å². The van der Waals surface area contributed by atoms with E-state index in [-0.39, 0.29) is 12.5 Å². The van der Waals surface area contributed by atoms with E-state index in [4.69, 9.17) is 10.8 Å². The van der Waals surface area contributed by atoms with Crippen LogP contribution in [0.5, 0.6) is 0 Å². The van der Waals surface area contributed by atoms with Crippen molar-refractivity contribution in [1.82, 2.24) is 0 Å². The van der Waals surface area contributed by atoms with Gasteiger partial charge in [0.25, 0.3) is 0 Å². The molecular formula is C15H21F2NO2. The number of aliphatic carboxylic acids is 1. The molecule has 0 radical (unpaired) electrons. The van der Waals surface area contributed by atoms with E-state index in [1.54, 1.807) is 6.07 Å². The molecule has 0 saturated carbocycles. The second kappa shape index (κ2) is 7.94. The smallest absolute Gasteiger partial charge is 0.307 e. The number of carboxylic acid groups (broad SMARTS) is 1. The Hall–Kier alpha value is -1.49. The van der Waals surface area contributed by atoms with Crippen molar-refractivity contribution < 1.29 is 18.7 Å². The summed E-state index contributed by atoms with van der Waals surface area (Å²) >= 11 is 0. The molecule has 0 spiro atoms. The van der Waals surface area contributed by atoms with Crippen LogP contribution in [-0.2, 0) is 11.2 Å². The molecule has 112 valence electrons. The summed E-state index contributed by atoms with van der Waals surface area (Å²) in [4.78, 5) is 10.9. The Balaban J connectivity index is 2.36. The van der Waals surface area contributed by atoms with Gasteiger partial charge in [0, 0.05) is 6.54 Å². The summed E-state index contributed by atoms with van der Waals surface area (Å²) in [5.41, 5.74) is 6.17. The highest BCUT2D eigenvalue weighted by Crippen LogP contribution is 2.19. The lowest BCUT2D eigenvalue weighted by atomic mass is 9.91. The van der Waals surface area contributed by atoms with Crippen molar-refractivity contribution in [1.29, 1.82) is 0 Å². The van der Waals surface area contributed by atoms with Gasteiger partial charge in [-0.3, -0.25) is 4.79 Å². The van der Waals surface area contributed by atoms with Gasteiger partial charge in [0.1, 0.15) is 0 Å². The Morgan fingerprint density at radius 3 is 2.60 bits per heavy atom. The number of halogens is 2. The maximum absolute atomic E-state index is 13.0. The topological polar surface area (TPSA) is 63.3 Å². The van der Waals surface area contributed by atoms with Crippen LogP contribution in [0.1, 0.15) is 31.7 Å². The minimum Gasteiger partial charge on any atom is -0.481 e. The first-order valence-corrected chi connectivity index (χ1v) is 6.80. The number of carbonyl (C=O) groups is 1. The van der Waals surface area contributed by atoms with E-state index in [9.17, 15) is 13.6 Å². The molecule has 1 aromatic rings. The molecule has 3 nitrogen and oxygen atoms in total. The molecule has 1 aromatic carbocycles. The number of aryl methyl sites for hydroxylation is 1. The van der Waals surface area contributed by atoms with Crippen LogP contribution >= 0.6 is 0 Å². The molecule has 0 aliphatic heterocycles. The van der Waals surface area contributed by atoms with E-state index in [1.807, 2.05) is 6.92 Å². The number of carboxylic acids is 1. The average Bonchev–Trinajstić information content (AvgIpc) is 2.39. The van der Waals surface area contributed by atoms with Crippen LogP contribution in [0.2, 0.25) is 0 Å². The third-order valence-electron chi connectivity index (χ3n) is 3.47. The van der Waals surface area contributed by atoms with Crippen LogP contribution in [0, 0.1) is 23.5 Å². The van der Waals surface area contributed by atoms with E-state index in [1.165, 1.54) is 6.07 Å². The molecule has 1 rings (SSSR count). The minimum absolute atomic E-state index is 0.142. The van der Waals surface area contributed by atoms with Gasteiger partial charge in [0.15, 0.2) is 11.6 Å². The van der Waals surface area contributed by atoms with Crippen molar-refractivity contribution in [2.45, 2.75) is 32.6 Å². The quantitative estimate of drug-likeness (QED) is 0.772. The van der Waals surface area contributed by atoms with E-state index in [2.05, 4.69) is 0 Å². The van der Waals surface area contributed by atoms with Gasteiger partial charge in [-0.15, -0.1) is 0 Å². The molecular weight excluding hydrogens is 264 g/mol. The standard InChI is InChI=1S/C15H21F2NO2/c1-10(7-12(9-18)15(19)20)3-2-4-11-5-6-13(16)14(17)8-11/h5-6,8,10,12H,2-4,7,9,18H2,1H3,(H,19,20)/t10-,12-/m1/s1. The molecule has 2 atom stereocenters. The summed E-state index contributed by atoms with van der Waals surface area (Å²) in [7, 11) is 0. The molecule has 20 heavy (non-hydrogen) atoms. The molecule has 0 bridgehead atoms. The third kappa shape index (κ3) is 5.25.